The van der Waals surface area contributed by atoms with Gasteiger partial charge in [0, 0.05) is 18.9 Å². The molecule has 2 atom stereocenters. The number of nitrogens with zero attached hydrogens (tertiary/aromatic N) is 1. The lowest BCUT2D eigenvalue weighted by Gasteiger charge is -2.28. The van der Waals surface area contributed by atoms with E-state index >= 15 is 0 Å². The molecular formula is C10H18N2OS. The van der Waals surface area contributed by atoms with Gasteiger partial charge in [-0.05, 0) is 19.3 Å². The molecule has 1 N–H and O–H groups in total. The summed E-state index contributed by atoms with van der Waals surface area (Å²) in [6.07, 6.45) is 1.09. The minimum atomic E-state index is 0.117. The van der Waals surface area contributed by atoms with Crippen LogP contribution in [0.4, 0.5) is 0 Å². The third kappa shape index (κ3) is 2.42. The van der Waals surface area contributed by atoms with E-state index in [9.17, 15) is 0 Å². The van der Waals surface area contributed by atoms with E-state index in [0.29, 0.717) is 0 Å². The van der Waals surface area contributed by atoms with Gasteiger partial charge in [0.2, 0.25) is 0 Å². The van der Waals surface area contributed by atoms with Crippen molar-refractivity contribution in [3.8, 4) is 0 Å². The summed E-state index contributed by atoms with van der Waals surface area (Å²) in [5, 5.41) is 4.61. The second-order valence-corrected chi connectivity index (χ2v) is 5.56. The molecule has 4 heteroatoms. The Hall–Kier alpha value is -0.220. The highest BCUT2D eigenvalue weighted by Crippen LogP contribution is 2.22. The first-order valence-electron chi connectivity index (χ1n) is 5.21. The predicted molar refractivity (Wildman–Crippen MR) is 60.9 cm³/mol. The molecule has 2 aliphatic heterocycles. The van der Waals surface area contributed by atoms with Gasteiger partial charge in [-0.1, -0.05) is 18.7 Å². The van der Waals surface area contributed by atoms with Crippen LogP contribution in [0.2, 0.25) is 0 Å². The fourth-order valence-electron chi connectivity index (χ4n) is 1.66. The molecular weight excluding hydrogens is 196 g/mol. The van der Waals surface area contributed by atoms with E-state index in [1.165, 1.54) is 5.75 Å². The molecule has 0 spiro atoms. The predicted octanol–water partition coefficient (Wildman–Crippen LogP) is 1.49. The molecule has 1 fully saturated rings. The fourth-order valence-corrected chi connectivity index (χ4v) is 2.69. The SMILES string of the molecule is CC1CN=C(NC2(C)CCOC2)SC1. The van der Waals surface area contributed by atoms with Crippen LogP contribution in [0, 0.1) is 5.92 Å². The number of ether oxygens (including phenoxy) is 1. The third-order valence-corrected chi connectivity index (χ3v) is 3.92. The Labute approximate surface area is 89.7 Å². The van der Waals surface area contributed by atoms with Crippen molar-refractivity contribution in [2.45, 2.75) is 25.8 Å². The lowest BCUT2D eigenvalue weighted by Crippen LogP contribution is -2.46. The van der Waals surface area contributed by atoms with Crippen LogP contribution in [0.25, 0.3) is 0 Å². The van der Waals surface area contributed by atoms with E-state index in [1.807, 2.05) is 11.8 Å². The minimum absolute atomic E-state index is 0.117. The Kier molecular flexibility index (Phi) is 3.02. The van der Waals surface area contributed by atoms with Gasteiger partial charge in [0.1, 0.15) is 0 Å². The summed E-state index contributed by atoms with van der Waals surface area (Å²) < 4.78 is 5.40. The lowest BCUT2D eigenvalue weighted by molar-refractivity contribution is 0.177. The first-order chi connectivity index (χ1) is 6.68. The maximum Gasteiger partial charge on any atom is 0.157 e. The largest absolute Gasteiger partial charge is 0.379 e. The molecule has 3 nitrogen and oxygen atoms in total. The number of thioether (sulfide) groups is 1. The summed E-state index contributed by atoms with van der Waals surface area (Å²) in [6.45, 7) is 7.10. The molecule has 0 aliphatic carbocycles. The zero-order valence-electron chi connectivity index (χ0n) is 8.88. The standard InChI is InChI=1S/C10H18N2OS/c1-8-5-11-9(14-6-8)12-10(2)3-4-13-7-10/h8H,3-7H2,1-2H3,(H,11,12). The van der Waals surface area contributed by atoms with Gasteiger partial charge in [-0.2, -0.15) is 0 Å². The topological polar surface area (TPSA) is 33.6 Å². The average Bonchev–Trinajstić information content (AvgIpc) is 2.57. The second-order valence-electron chi connectivity index (χ2n) is 4.55. The van der Waals surface area contributed by atoms with Crippen molar-refractivity contribution < 1.29 is 4.74 Å². The zero-order chi connectivity index (χ0) is 10.0. The van der Waals surface area contributed by atoms with Gasteiger partial charge in [-0.25, -0.2) is 0 Å². The van der Waals surface area contributed by atoms with Gasteiger partial charge in [0.15, 0.2) is 5.17 Å². The van der Waals surface area contributed by atoms with E-state index < -0.39 is 0 Å². The number of hydrogen-bond donors (Lipinski definition) is 1. The van der Waals surface area contributed by atoms with Crippen LogP contribution >= 0.6 is 11.8 Å². The van der Waals surface area contributed by atoms with Gasteiger partial charge in [-0.15, -0.1) is 0 Å². The van der Waals surface area contributed by atoms with Crippen LogP contribution in [0.1, 0.15) is 20.3 Å². The van der Waals surface area contributed by atoms with Crippen molar-refractivity contribution in [3.63, 3.8) is 0 Å². The number of nitrogens with one attached hydrogen (secondary N) is 1. The van der Waals surface area contributed by atoms with E-state index in [4.69, 9.17) is 4.74 Å². The fraction of sp³-hybridized carbons (Fsp3) is 0.900. The maximum atomic E-state index is 5.40. The van der Waals surface area contributed by atoms with Crippen LogP contribution in [0.5, 0.6) is 0 Å². The maximum absolute atomic E-state index is 5.40. The molecule has 0 bridgehead atoms. The number of amidine groups is 1. The quantitative estimate of drug-likeness (QED) is 0.718. The summed E-state index contributed by atoms with van der Waals surface area (Å²) >= 11 is 1.84. The monoisotopic (exact) mass is 214 g/mol. The number of aliphatic imine (C=N–C) groups is 1. The Morgan fingerprint density at radius 2 is 2.50 bits per heavy atom. The summed E-state index contributed by atoms with van der Waals surface area (Å²) in [5.41, 5.74) is 0.117. The van der Waals surface area contributed by atoms with Gasteiger partial charge >= 0.3 is 0 Å². The molecule has 2 unspecified atom stereocenters. The Bertz CT molecular complexity index is 236. The van der Waals surface area contributed by atoms with Gasteiger partial charge in [0.25, 0.3) is 0 Å². The number of hydrogen-bond acceptors (Lipinski definition) is 4. The minimum Gasteiger partial charge on any atom is -0.379 e. The molecule has 0 amide bonds. The van der Waals surface area contributed by atoms with E-state index in [1.54, 1.807) is 0 Å². The van der Waals surface area contributed by atoms with E-state index in [0.717, 1.165) is 37.3 Å². The molecule has 0 aromatic rings. The highest BCUT2D eigenvalue weighted by atomic mass is 32.2. The van der Waals surface area contributed by atoms with Crippen molar-refractivity contribution in [1.29, 1.82) is 0 Å². The average molecular weight is 214 g/mol. The van der Waals surface area contributed by atoms with Gasteiger partial charge < -0.3 is 10.1 Å². The van der Waals surface area contributed by atoms with Crippen LogP contribution in [0.15, 0.2) is 4.99 Å². The zero-order valence-corrected chi connectivity index (χ0v) is 9.69. The van der Waals surface area contributed by atoms with Crippen molar-refractivity contribution in [2.75, 3.05) is 25.5 Å². The first-order valence-corrected chi connectivity index (χ1v) is 6.20. The molecule has 1 saturated heterocycles. The number of rotatable bonds is 1. The van der Waals surface area contributed by atoms with Crippen LogP contribution in [-0.2, 0) is 4.74 Å². The summed E-state index contributed by atoms with van der Waals surface area (Å²) in [6, 6.07) is 0. The molecule has 80 valence electrons. The van der Waals surface area contributed by atoms with Crippen molar-refractivity contribution in [1.82, 2.24) is 5.32 Å². The normalized spacial score (nSPS) is 38.1. The second kappa shape index (κ2) is 4.11. The summed E-state index contributed by atoms with van der Waals surface area (Å²) in [7, 11) is 0. The van der Waals surface area contributed by atoms with Crippen molar-refractivity contribution in [2.24, 2.45) is 10.9 Å². The van der Waals surface area contributed by atoms with Crippen LogP contribution in [-0.4, -0.2) is 36.2 Å². The molecule has 2 rings (SSSR count). The van der Waals surface area contributed by atoms with Crippen molar-refractivity contribution >= 4 is 16.9 Å². The highest BCUT2D eigenvalue weighted by Gasteiger charge is 2.31. The Morgan fingerprint density at radius 3 is 3.07 bits per heavy atom. The Balaban J connectivity index is 1.90. The van der Waals surface area contributed by atoms with E-state index in [-0.39, 0.29) is 5.54 Å². The Morgan fingerprint density at radius 1 is 1.64 bits per heavy atom. The summed E-state index contributed by atoms with van der Waals surface area (Å²) in [4.78, 5) is 4.53. The third-order valence-electron chi connectivity index (χ3n) is 2.68. The highest BCUT2D eigenvalue weighted by molar-refractivity contribution is 8.13. The molecule has 0 aromatic carbocycles. The van der Waals surface area contributed by atoms with Gasteiger partial charge in [-0.3, -0.25) is 4.99 Å². The smallest absolute Gasteiger partial charge is 0.157 e. The lowest BCUT2D eigenvalue weighted by atomic mass is 10.0. The molecule has 0 saturated carbocycles. The molecule has 2 aliphatic rings. The van der Waals surface area contributed by atoms with Crippen LogP contribution in [0.3, 0.4) is 0 Å². The first kappa shape index (κ1) is 10.3. The van der Waals surface area contributed by atoms with Crippen molar-refractivity contribution in [3.05, 3.63) is 0 Å². The molecule has 0 radical (unpaired) electrons. The molecule has 0 aromatic heterocycles. The van der Waals surface area contributed by atoms with Crippen LogP contribution < -0.4 is 5.32 Å². The van der Waals surface area contributed by atoms with E-state index in [2.05, 4.69) is 24.2 Å². The molecule has 2 heterocycles. The molecule has 14 heavy (non-hydrogen) atoms. The summed E-state index contributed by atoms with van der Waals surface area (Å²) in [5.74, 6) is 1.90. The van der Waals surface area contributed by atoms with Gasteiger partial charge in [0.05, 0.1) is 12.1 Å².